The van der Waals surface area contributed by atoms with Gasteiger partial charge in [-0.2, -0.15) is 0 Å². The summed E-state index contributed by atoms with van der Waals surface area (Å²) in [6.45, 7) is 4.02. The SMILES string of the molecule is C=C1N(C)[C@@H]2C[C@@H]2[C@@]1(O)C#Cc1cccc(-c2nc(C(N)=O)c3ccccn23)c1. The zero-order valence-electron chi connectivity index (χ0n) is 16.0. The molecule has 3 heterocycles. The molecular formula is C23H20N4O2. The Morgan fingerprint density at radius 1 is 1.34 bits per heavy atom. The molecule has 3 aromatic rings. The van der Waals surface area contributed by atoms with Crippen LogP contribution in [0.2, 0.25) is 0 Å². The molecule has 5 rings (SSSR count). The van der Waals surface area contributed by atoms with Crippen molar-refractivity contribution in [2.75, 3.05) is 7.05 Å². The zero-order valence-corrected chi connectivity index (χ0v) is 16.0. The van der Waals surface area contributed by atoms with Crippen LogP contribution >= 0.6 is 0 Å². The third-order valence-corrected chi connectivity index (χ3v) is 5.96. The Kier molecular flexibility index (Phi) is 3.61. The third-order valence-electron chi connectivity index (χ3n) is 5.96. The van der Waals surface area contributed by atoms with E-state index >= 15 is 0 Å². The maximum atomic E-state index is 11.8. The summed E-state index contributed by atoms with van der Waals surface area (Å²) < 4.78 is 1.84. The van der Waals surface area contributed by atoms with Gasteiger partial charge in [-0.1, -0.05) is 36.6 Å². The number of imidazole rings is 1. The number of nitrogens with two attached hydrogens (primary N) is 1. The predicted molar refractivity (Wildman–Crippen MR) is 110 cm³/mol. The second-order valence-corrected chi connectivity index (χ2v) is 7.67. The van der Waals surface area contributed by atoms with Crippen LogP contribution in [-0.4, -0.2) is 44.0 Å². The van der Waals surface area contributed by atoms with Gasteiger partial charge >= 0.3 is 0 Å². The summed E-state index contributed by atoms with van der Waals surface area (Å²) in [5.74, 6) is 6.33. The van der Waals surface area contributed by atoms with Crippen LogP contribution in [-0.2, 0) is 0 Å². The van der Waals surface area contributed by atoms with Gasteiger partial charge < -0.3 is 15.7 Å². The Labute approximate surface area is 168 Å². The first-order valence-corrected chi connectivity index (χ1v) is 9.45. The first-order chi connectivity index (χ1) is 13.9. The number of benzene rings is 1. The average Bonchev–Trinajstić information content (AvgIpc) is 3.40. The number of pyridine rings is 1. The number of nitrogens with zero attached hydrogens (tertiary/aromatic N) is 3. The van der Waals surface area contributed by atoms with Crippen molar-refractivity contribution < 1.29 is 9.90 Å². The summed E-state index contributed by atoms with van der Waals surface area (Å²) in [5, 5.41) is 11.0. The highest BCUT2D eigenvalue weighted by Gasteiger charge is 2.62. The van der Waals surface area contributed by atoms with Crippen LogP contribution < -0.4 is 5.73 Å². The number of aromatic nitrogens is 2. The molecule has 29 heavy (non-hydrogen) atoms. The van der Waals surface area contributed by atoms with Crippen molar-refractivity contribution in [1.82, 2.24) is 14.3 Å². The molecule has 0 bridgehead atoms. The second-order valence-electron chi connectivity index (χ2n) is 7.67. The fraction of sp³-hybridized carbons (Fsp3) is 0.217. The highest BCUT2D eigenvalue weighted by molar-refractivity contribution is 5.98. The van der Waals surface area contributed by atoms with Gasteiger partial charge in [0.1, 0.15) is 5.82 Å². The van der Waals surface area contributed by atoms with E-state index in [4.69, 9.17) is 5.73 Å². The molecule has 1 amide bonds. The lowest BCUT2D eigenvalue weighted by Gasteiger charge is -2.24. The first kappa shape index (κ1) is 17.5. The Morgan fingerprint density at radius 2 is 2.17 bits per heavy atom. The first-order valence-electron chi connectivity index (χ1n) is 9.45. The van der Waals surface area contributed by atoms with Gasteiger partial charge in [-0.3, -0.25) is 9.20 Å². The topological polar surface area (TPSA) is 83.9 Å². The molecule has 1 saturated heterocycles. The number of amides is 1. The van der Waals surface area contributed by atoms with Crippen molar-refractivity contribution in [1.29, 1.82) is 0 Å². The molecule has 2 fully saturated rings. The van der Waals surface area contributed by atoms with Gasteiger partial charge in [0.05, 0.1) is 11.2 Å². The molecule has 2 aliphatic rings. The molecular weight excluding hydrogens is 364 g/mol. The van der Waals surface area contributed by atoms with E-state index in [-0.39, 0.29) is 11.6 Å². The molecule has 3 N–H and O–H groups in total. The number of piperidine rings is 1. The van der Waals surface area contributed by atoms with E-state index in [1.54, 1.807) is 0 Å². The summed E-state index contributed by atoms with van der Waals surface area (Å²) in [7, 11) is 1.95. The maximum absolute atomic E-state index is 11.8. The monoisotopic (exact) mass is 384 g/mol. The number of likely N-dealkylation sites (N-methyl/N-ethyl adjacent to an activating group) is 1. The quantitative estimate of drug-likeness (QED) is 0.662. The van der Waals surface area contributed by atoms with E-state index in [2.05, 4.69) is 23.4 Å². The Morgan fingerprint density at radius 3 is 2.90 bits per heavy atom. The van der Waals surface area contributed by atoms with Gasteiger partial charge in [0.15, 0.2) is 11.3 Å². The summed E-state index contributed by atoms with van der Waals surface area (Å²) in [6, 6.07) is 13.4. The van der Waals surface area contributed by atoms with Crippen molar-refractivity contribution >= 4 is 11.4 Å². The number of carbonyl (C=O) groups is 1. The summed E-state index contributed by atoms with van der Waals surface area (Å²) in [6.07, 6.45) is 2.79. The number of primary amides is 1. The third kappa shape index (κ3) is 2.55. The molecule has 0 spiro atoms. The number of carbonyl (C=O) groups excluding carboxylic acids is 1. The lowest BCUT2D eigenvalue weighted by Crippen LogP contribution is -2.32. The van der Waals surface area contributed by atoms with Crippen molar-refractivity contribution in [3.63, 3.8) is 0 Å². The summed E-state index contributed by atoms with van der Waals surface area (Å²) in [4.78, 5) is 18.3. The van der Waals surface area contributed by atoms with Gasteiger partial charge in [-0.05, 0) is 30.7 Å². The van der Waals surface area contributed by atoms with E-state index < -0.39 is 11.5 Å². The van der Waals surface area contributed by atoms with Crippen molar-refractivity contribution in [3.05, 3.63) is 72.2 Å². The number of likely N-dealkylation sites (tertiary alicyclic amines) is 1. The van der Waals surface area contributed by atoms with Gasteiger partial charge in [-0.15, -0.1) is 0 Å². The van der Waals surface area contributed by atoms with E-state index in [0.29, 0.717) is 23.1 Å². The van der Waals surface area contributed by atoms with Gasteiger partial charge in [0, 0.05) is 36.3 Å². The van der Waals surface area contributed by atoms with Crippen molar-refractivity contribution in [2.45, 2.75) is 18.1 Å². The second kappa shape index (κ2) is 5.97. The molecule has 144 valence electrons. The predicted octanol–water partition coefficient (Wildman–Crippen LogP) is 2.03. The molecule has 3 atom stereocenters. The average molecular weight is 384 g/mol. The lowest BCUT2D eigenvalue weighted by molar-refractivity contribution is 0.0997. The number of hydrogen-bond acceptors (Lipinski definition) is 4. The van der Waals surface area contributed by atoms with E-state index in [0.717, 1.165) is 17.5 Å². The molecule has 1 aliphatic heterocycles. The molecule has 1 saturated carbocycles. The molecule has 2 aromatic heterocycles. The zero-order chi connectivity index (χ0) is 20.3. The molecule has 6 heteroatoms. The molecule has 1 aromatic carbocycles. The van der Waals surface area contributed by atoms with Crippen LogP contribution in [0.25, 0.3) is 16.9 Å². The van der Waals surface area contributed by atoms with Crippen molar-refractivity contribution in [3.8, 4) is 23.2 Å². The van der Waals surface area contributed by atoms with E-state index in [1.807, 2.05) is 65.0 Å². The fourth-order valence-electron chi connectivity index (χ4n) is 4.23. The summed E-state index contributed by atoms with van der Waals surface area (Å²) >= 11 is 0. The number of rotatable bonds is 2. The normalized spacial score (nSPS) is 24.9. The van der Waals surface area contributed by atoms with Gasteiger partial charge in [-0.25, -0.2) is 4.98 Å². The van der Waals surface area contributed by atoms with E-state index in [9.17, 15) is 9.90 Å². The standard InChI is InChI=1S/C23H20N4O2/c1-14-23(29,17-13-19(17)26(14)2)10-9-15-6-5-7-16(12-15)22-25-20(21(24)28)18-8-3-4-11-27(18)22/h3-8,11-12,17,19,29H,1,13H2,2H3,(H2,24,28)/t17-,19+,23+/m0/s1. The van der Waals surface area contributed by atoms with Crippen LogP contribution in [0.4, 0.5) is 0 Å². The van der Waals surface area contributed by atoms with Crippen LogP contribution in [0, 0.1) is 17.8 Å². The fourth-order valence-corrected chi connectivity index (χ4v) is 4.23. The van der Waals surface area contributed by atoms with Crippen LogP contribution in [0.15, 0.2) is 60.9 Å². The van der Waals surface area contributed by atoms with Gasteiger partial charge in [0.25, 0.3) is 5.91 Å². The minimum Gasteiger partial charge on any atom is -0.372 e. The largest absolute Gasteiger partial charge is 0.372 e. The minimum atomic E-state index is -1.17. The van der Waals surface area contributed by atoms with Crippen LogP contribution in [0.3, 0.4) is 0 Å². The highest BCUT2D eigenvalue weighted by Crippen LogP contribution is 2.54. The van der Waals surface area contributed by atoms with E-state index in [1.165, 1.54) is 0 Å². The number of fused-ring (bicyclic) bond motifs is 2. The molecule has 0 unspecified atom stereocenters. The van der Waals surface area contributed by atoms with Crippen LogP contribution in [0.5, 0.6) is 0 Å². The number of hydrogen-bond donors (Lipinski definition) is 2. The maximum Gasteiger partial charge on any atom is 0.269 e. The van der Waals surface area contributed by atoms with Gasteiger partial charge in [0.2, 0.25) is 0 Å². The van der Waals surface area contributed by atoms with Crippen LogP contribution in [0.1, 0.15) is 22.5 Å². The minimum absolute atomic E-state index is 0.130. The van der Waals surface area contributed by atoms with Crippen molar-refractivity contribution in [2.24, 2.45) is 11.7 Å². The number of aliphatic hydroxyl groups is 1. The Balaban J connectivity index is 1.55. The molecule has 1 aliphatic carbocycles. The lowest BCUT2D eigenvalue weighted by atomic mass is 9.96. The summed E-state index contributed by atoms with van der Waals surface area (Å²) in [5.41, 5.74) is 7.44. The molecule has 6 nitrogen and oxygen atoms in total. The molecule has 0 radical (unpaired) electrons. The smallest absolute Gasteiger partial charge is 0.269 e. The Bertz CT molecular complexity index is 1250. The Hall–Kier alpha value is -3.56. The highest BCUT2D eigenvalue weighted by atomic mass is 16.3.